The van der Waals surface area contributed by atoms with Crippen LogP contribution < -0.4 is 5.32 Å². The quantitative estimate of drug-likeness (QED) is 0.663. The van der Waals surface area contributed by atoms with Gasteiger partial charge in [0.1, 0.15) is 5.78 Å². The van der Waals surface area contributed by atoms with Gasteiger partial charge in [-0.15, -0.1) is 0 Å². The lowest BCUT2D eigenvalue weighted by molar-refractivity contribution is -0.139. The van der Waals surface area contributed by atoms with Crippen molar-refractivity contribution in [3.63, 3.8) is 0 Å². The Bertz CT molecular complexity index is 468. The number of hydrogen-bond acceptors (Lipinski definition) is 3. The van der Waals surface area contributed by atoms with Crippen molar-refractivity contribution < 1.29 is 14.7 Å². The first-order valence-electron chi connectivity index (χ1n) is 9.29. The van der Waals surface area contributed by atoms with Gasteiger partial charge in [-0.2, -0.15) is 0 Å². The molecule has 2 N–H and O–H groups in total. The lowest BCUT2D eigenvalue weighted by atomic mass is 9.74. The molecule has 0 aromatic rings. The van der Waals surface area contributed by atoms with E-state index in [2.05, 4.69) is 25.2 Å². The van der Waals surface area contributed by atoms with Gasteiger partial charge in [-0.25, -0.2) is 0 Å². The van der Waals surface area contributed by atoms with Crippen molar-refractivity contribution in [2.75, 3.05) is 6.54 Å². The van der Waals surface area contributed by atoms with Crippen LogP contribution in [0.1, 0.15) is 73.1 Å². The largest absolute Gasteiger partial charge is 0.392 e. The Morgan fingerprint density at radius 1 is 1.25 bits per heavy atom. The summed E-state index contributed by atoms with van der Waals surface area (Å²) in [4.78, 5) is 24.8. The van der Waals surface area contributed by atoms with Crippen LogP contribution in [0.5, 0.6) is 0 Å². The molecule has 1 rings (SSSR count). The number of aliphatic hydroxyl groups is 1. The molecule has 3 unspecified atom stereocenters. The van der Waals surface area contributed by atoms with Gasteiger partial charge in [-0.05, 0) is 38.5 Å². The number of Topliss-reactive ketones (excluding diaryl/α,β-unsaturated/α-hetero) is 1. The van der Waals surface area contributed by atoms with Crippen molar-refractivity contribution in [3.8, 4) is 0 Å². The summed E-state index contributed by atoms with van der Waals surface area (Å²) < 4.78 is 0. The highest BCUT2D eigenvalue weighted by atomic mass is 16.3. The molecule has 4 heteroatoms. The van der Waals surface area contributed by atoms with E-state index in [-0.39, 0.29) is 24.0 Å². The Labute approximate surface area is 147 Å². The molecule has 1 aliphatic rings. The highest BCUT2D eigenvalue weighted by molar-refractivity contribution is 5.87. The third kappa shape index (κ3) is 6.39. The maximum Gasteiger partial charge on any atom is 0.222 e. The third-order valence-electron chi connectivity index (χ3n) is 5.28. The van der Waals surface area contributed by atoms with Crippen molar-refractivity contribution in [2.24, 2.45) is 17.3 Å². The summed E-state index contributed by atoms with van der Waals surface area (Å²) in [6.45, 7) is 10.4. The fourth-order valence-corrected chi connectivity index (χ4v) is 3.49. The van der Waals surface area contributed by atoms with E-state index in [4.69, 9.17) is 0 Å². The Morgan fingerprint density at radius 2 is 1.92 bits per heavy atom. The van der Waals surface area contributed by atoms with E-state index >= 15 is 0 Å². The molecule has 3 atom stereocenters. The Hall–Kier alpha value is -1.16. The molecule has 0 saturated carbocycles. The zero-order valence-corrected chi connectivity index (χ0v) is 16.0. The van der Waals surface area contributed by atoms with Crippen molar-refractivity contribution >= 4 is 11.7 Å². The van der Waals surface area contributed by atoms with Crippen LogP contribution >= 0.6 is 0 Å². The number of hydrogen-bond donors (Lipinski definition) is 2. The molecule has 0 aromatic carbocycles. The standard InChI is InChI=1S/C20H35NO3/c1-14-8-6-9-15(2)12-16(3)19(24)20(4,5)17(22)13-18(23)21-11-7-10-14/h10,15-17,22H,6-9,11-13H2,1-5H3,(H,21,23)/b14-10-. The average molecular weight is 338 g/mol. The summed E-state index contributed by atoms with van der Waals surface area (Å²) in [6, 6.07) is 0. The van der Waals surface area contributed by atoms with Gasteiger partial charge < -0.3 is 10.4 Å². The summed E-state index contributed by atoms with van der Waals surface area (Å²) in [5.74, 6) is 0.249. The number of ketones is 1. The molecule has 0 spiro atoms. The Kier molecular flexibility index (Phi) is 8.14. The van der Waals surface area contributed by atoms with Crippen LogP contribution in [-0.4, -0.2) is 29.4 Å². The minimum atomic E-state index is -0.951. The number of amides is 1. The molecule has 0 saturated heterocycles. The number of rotatable bonds is 0. The zero-order chi connectivity index (χ0) is 18.3. The molecule has 1 amide bonds. The van der Waals surface area contributed by atoms with Crippen molar-refractivity contribution in [1.29, 1.82) is 0 Å². The minimum Gasteiger partial charge on any atom is -0.392 e. The van der Waals surface area contributed by atoms with E-state index in [1.54, 1.807) is 13.8 Å². The number of aliphatic hydroxyl groups excluding tert-OH is 1. The Morgan fingerprint density at radius 3 is 2.58 bits per heavy atom. The fourth-order valence-electron chi connectivity index (χ4n) is 3.49. The maximum atomic E-state index is 12.8. The Balaban J connectivity index is 2.86. The molecule has 0 bridgehead atoms. The van der Waals surface area contributed by atoms with Crippen LogP contribution in [0.15, 0.2) is 11.6 Å². The number of carbonyl (C=O) groups is 2. The van der Waals surface area contributed by atoms with Crippen LogP contribution in [-0.2, 0) is 9.59 Å². The van der Waals surface area contributed by atoms with Crippen molar-refractivity contribution in [2.45, 2.75) is 79.2 Å². The molecule has 24 heavy (non-hydrogen) atoms. The van der Waals surface area contributed by atoms with Crippen LogP contribution in [0.3, 0.4) is 0 Å². The molecule has 0 radical (unpaired) electrons. The predicted molar refractivity (Wildman–Crippen MR) is 97.6 cm³/mol. The molecular weight excluding hydrogens is 302 g/mol. The lowest BCUT2D eigenvalue weighted by Gasteiger charge is -2.32. The monoisotopic (exact) mass is 337 g/mol. The summed E-state index contributed by atoms with van der Waals surface area (Å²) in [7, 11) is 0. The average Bonchev–Trinajstić information content (AvgIpc) is 2.49. The summed E-state index contributed by atoms with van der Waals surface area (Å²) >= 11 is 0. The second-order valence-electron chi connectivity index (χ2n) is 8.13. The summed E-state index contributed by atoms with van der Waals surface area (Å²) in [5.41, 5.74) is 0.457. The third-order valence-corrected chi connectivity index (χ3v) is 5.28. The van der Waals surface area contributed by atoms with E-state index in [0.29, 0.717) is 12.5 Å². The van der Waals surface area contributed by atoms with Crippen LogP contribution in [0.25, 0.3) is 0 Å². The maximum absolute atomic E-state index is 12.8. The number of carbonyl (C=O) groups excluding carboxylic acids is 2. The minimum absolute atomic E-state index is 0.0241. The lowest BCUT2D eigenvalue weighted by Crippen LogP contribution is -2.43. The van der Waals surface area contributed by atoms with E-state index in [1.165, 1.54) is 5.57 Å². The van der Waals surface area contributed by atoms with Gasteiger partial charge in [0.2, 0.25) is 5.91 Å². The number of allylic oxidation sites excluding steroid dienone is 1. The highest BCUT2D eigenvalue weighted by Gasteiger charge is 2.39. The topological polar surface area (TPSA) is 66.4 Å². The summed E-state index contributed by atoms with van der Waals surface area (Å²) in [5, 5.41) is 13.3. The van der Waals surface area contributed by atoms with Crippen molar-refractivity contribution in [1.82, 2.24) is 5.32 Å². The normalized spacial score (nSPS) is 33.4. The molecule has 0 fully saturated rings. The smallest absolute Gasteiger partial charge is 0.222 e. The second kappa shape index (κ2) is 9.36. The van der Waals surface area contributed by atoms with Crippen LogP contribution in [0, 0.1) is 17.3 Å². The highest BCUT2D eigenvalue weighted by Crippen LogP contribution is 2.31. The van der Waals surface area contributed by atoms with E-state index < -0.39 is 11.5 Å². The van der Waals surface area contributed by atoms with Gasteiger partial charge in [0.05, 0.1) is 17.9 Å². The fraction of sp³-hybridized carbons (Fsp3) is 0.800. The van der Waals surface area contributed by atoms with Gasteiger partial charge in [0.15, 0.2) is 0 Å². The predicted octanol–water partition coefficient (Wildman–Crippen LogP) is 3.63. The SMILES string of the molecule is C/C1=C/CCNC(=O)CC(O)C(C)(C)C(=O)C(C)CC(C)CCC1. The van der Waals surface area contributed by atoms with Gasteiger partial charge in [0, 0.05) is 12.5 Å². The van der Waals surface area contributed by atoms with Crippen LogP contribution in [0.4, 0.5) is 0 Å². The zero-order valence-electron chi connectivity index (χ0n) is 16.0. The van der Waals surface area contributed by atoms with Gasteiger partial charge >= 0.3 is 0 Å². The first kappa shape index (κ1) is 20.9. The van der Waals surface area contributed by atoms with Gasteiger partial charge in [0.25, 0.3) is 0 Å². The molecular formula is C20H35NO3. The first-order valence-corrected chi connectivity index (χ1v) is 9.29. The van der Waals surface area contributed by atoms with Crippen molar-refractivity contribution in [3.05, 3.63) is 11.6 Å². The van der Waals surface area contributed by atoms with Gasteiger partial charge in [-0.3, -0.25) is 9.59 Å². The molecule has 138 valence electrons. The van der Waals surface area contributed by atoms with Crippen LogP contribution in [0.2, 0.25) is 0 Å². The molecule has 1 aliphatic heterocycles. The molecule has 0 aromatic heterocycles. The molecule has 1 heterocycles. The molecule has 4 nitrogen and oxygen atoms in total. The number of nitrogens with one attached hydrogen (secondary N) is 1. The first-order chi connectivity index (χ1) is 11.1. The van der Waals surface area contributed by atoms with E-state index in [9.17, 15) is 14.7 Å². The van der Waals surface area contributed by atoms with Gasteiger partial charge in [-0.1, -0.05) is 45.8 Å². The van der Waals surface area contributed by atoms with E-state index in [0.717, 1.165) is 32.1 Å². The second-order valence-corrected chi connectivity index (χ2v) is 8.13. The summed E-state index contributed by atoms with van der Waals surface area (Å²) in [6.07, 6.45) is 6.17. The van der Waals surface area contributed by atoms with E-state index in [1.807, 2.05) is 6.92 Å². The molecule has 0 aliphatic carbocycles.